The van der Waals surface area contributed by atoms with Gasteiger partial charge in [0.1, 0.15) is 11.6 Å². The van der Waals surface area contributed by atoms with Crippen LogP contribution < -0.4 is 4.74 Å². The van der Waals surface area contributed by atoms with Gasteiger partial charge in [0.15, 0.2) is 5.78 Å². The quantitative estimate of drug-likeness (QED) is 0.615. The van der Waals surface area contributed by atoms with Crippen molar-refractivity contribution in [2.75, 3.05) is 7.11 Å². The van der Waals surface area contributed by atoms with Crippen LogP contribution in [0.25, 0.3) is 6.08 Å². The number of hydrogen-bond donors (Lipinski definition) is 0. The van der Waals surface area contributed by atoms with E-state index in [1.54, 1.807) is 49.6 Å². The molecule has 0 spiro atoms. The Hall–Kier alpha value is -2.42. The van der Waals surface area contributed by atoms with E-state index in [1.807, 2.05) is 0 Å². The highest BCUT2D eigenvalue weighted by molar-refractivity contribution is 6.07. The standard InChI is InChI=1S/C16H13FO2/c1-19-14-7-4-6-13(11-14)16(18)10-9-12-5-2-3-8-15(12)17/h2-11H,1H3/b10-9+. The monoisotopic (exact) mass is 256 g/mol. The van der Waals surface area contributed by atoms with Crippen molar-refractivity contribution in [3.8, 4) is 5.75 Å². The van der Waals surface area contributed by atoms with Crippen LogP contribution in [0, 0.1) is 5.82 Å². The highest BCUT2D eigenvalue weighted by Gasteiger charge is 2.03. The van der Waals surface area contributed by atoms with Crippen molar-refractivity contribution in [3.63, 3.8) is 0 Å². The van der Waals surface area contributed by atoms with Crippen LogP contribution in [0.1, 0.15) is 15.9 Å². The van der Waals surface area contributed by atoms with E-state index in [2.05, 4.69) is 0 Å². The van der Waals surface area contributed by atoms with Crippen molar-refractivity contribution in [3.05, 3.63) is 71.6 Å². The van der Waals surface area contributed by atoms with Crippen molar-refractivity contribution in [2.45, 2.75) is 0 Å². The summed E-state index contributed by atoms with van der Waals surface area (Å²) < 4.78 is 18.4. The summed E-state index contributed by atoms with van der Waals surface area (Å²) in [5.41, 5.74) is 0.894. The topological polar surface area (TPSA) is 26.3 Å². The molecular formula is C16H13FO2. The second kappa shape index (κ2) is 5.96. The van der Waals surface area contributed by atoms with Gasteiger partial charge in [-0.2, -0.15) is 0 Å². The molecule has 0 atom stereocenters. The second-order valence-electron chi connectivity index (χ2n) is 3.95. The van der Waals surface area contributed by atoms with Crippen molar-refractivity contribution >= 4 is 11.9 Å². The Balaban J connectivity index is 2.19. The number of rotatable bonds is 4. The van der Waals surface area contributed by atoms with Gasteiger partial charge in [-0.1, -0.05) is 30.3 Å². The van der Waals surface area contributed by atoms with Crippen LogP contribution in [0.2, 0.25) is 0 Å². The Morgan fingerprint density at radius 1 is 1.16 bits per heavy atom. The normalized spacial score (nSPS) is 10.6. The minimum atomic E-state index is -0.350. The fourth-order valence-corrected chi connectivity index (χ4v) is 1.65. The summed E-state index contributed by atoms with van der Waals surface area (Å²) in [7, 11) is 1.54. The van der Waals surface area contributed by atoms with Crippen molar-refractivity contribution in [2.24, 2.45) is 0 Å². The maximum absolute atomic E-state index is 13.4. The van der Waals surface area contributed by atoms with Gasteiger partial charge in [0.05, 0.1) is 7.11 Å². The van der Waals surface area contributed by atoms with E-state index in [4.69, 9.17) is 4.74 Å². The number of hydrogen-bond acceptors (Lipinski definition) is 2. The molecule has 3 heteroatoms. The first-order chi connectivity index (χ1) is 9.20. The van der Waals surface area contributed by atoms with Crippen molar-refractivity contribution in [1.29, 1.82) is 0 Å². The SMILES string of the molecule is COc1cccc(C(=O)/C=C/c2ccccc2F)c1. The molecule has 2 aromatic carbocycles. The molecule has 0 N–H and O–H groups in total. The van der Waals surface area contributed by atoms with Gasteiger partial charge in [-0.3, -0.25) is 4.79 Å². The molecule has 0 saturated carbocycles. The van der Waals surface area contributed by atoms with Gasteiger partial charge < -0.3 is 4.74 Å². The molecule has 2 rings (SSSR count). The number of carbonyl (C=O) groups excluding carboxylic acids is 1. The lowest BCUT2D eigenvalue weighted by molar-refractivity contribution is 0.104. The zero-order chi connectivity index (χ0) is 13.7. The lowest BCUT2D eigenvalue weighted by Crippen LogP contribution is -1.95. The molecule has 0 aromatic heterocycles. The van der Waals surface area contributed by atoms with Gasteiger partial charge in [0.2, 0.25) is 0 Å². The molecule has 0 heterocycles. The zero-order valence-corrected chi connectivity index (χ0v) is 10.5. The van der Waals surface area contributed by atoms with Gasteiger partial charge >= 0.3 is 0 Å². The number of benzene rings is 2. The van der Waals surface area contributed by atoms with Crippen LogP contribution in [-0.4, -0.2) is 12.9 Å². The Morgan fingerprint density at radius 2 is 1.95 bits per heavy atom. The number of allylic oxidation sites excluding steroid dienone is 1. The Kier molecular flexibility index (Phi) is 4.08. The molecule has 0 saturated heterocycles. The van der Waals surface area contributed by atoms with E-state index in [-0.39, 0.29) is 11.6 Å². The average molecular weight is 256 g/mol. The smallest absolute Gasteiger partial charge is 0.185 e. The first-order valence-corrected chi connectivity index (χ1v) is 5.81. The molecule has 2 aromatic rings. The van der Waals surface area contributed by atoms with Crippen LogP contribution in [0.4, 0.5) is 4.39 Å². The van der Waals surface area contributed by atoms with Gasteiger partial charge in [-0.05, 0) is 30.4 Å². The highest BCUT2D eigenvalue weighted by atomic mass is 19.1. The van der Waals surface area contributed by atoms with Crippen LogP contribution in [0.15, 0.2) is 54.6 Å². The molecule has 19 heavy (non-hydrogen) atoms. The molecule has 0 aliphatic heterocycles. The third-order valence-corrected chi connectivity index (χ3v) is 2.67. The fraction of sp³-hybridized carbons (Fsp3) is 0.0625. The summed E-state index contributed by atoms with van der Waals surface area (Å²) in [6.07, 6.45) is 2.82. The van der Waals surface area contributed by atoms with Crippen LogP contribution in [-0.2, 0) is 0 Å². The lowest BCUT2D eigenvalue weighted by atomic mass is 10.1. The minimum absolute atomic E-state index is 0.192. The molecule has 0 aliphatic carbocycles. The van der Waals surface area contributed by atoms with Gasteiger partial charge in [-0.25, -0.2) is 4.39 Å². The largest absolute Gasteiger partial charge is 0.497 e. The predicted octanol–water partition coefficient (Wildman–Crippen LogP) is 3.73. The minimum Gasteiger partial charge on any atom is -0.497 e. The molecule has 0 bridgehead atoms. The average Bonchev–Trinajstić information content (AvgIpc) is 2.46. The first kappa shape index (κ1) is 13.0. The molecular weight excluding hydrogens is 243 g/mol. The molecule has 96 valence electrons. The fourth-order valence-electron chi connectivity index (χ4n) is 1.65. The van der Waals surface area contributed by atoms with Crippen LogP contribution in [0.3, 0.4) is 0 Å². The van der Waals surface area contributed by atoms with E-state index in [9.17, 15) is 9.18 Å². The first-order valence-electron chi connectivity index (χ1n) is 5.81. The third kappa shape index (κ3) is 3.28. The highest BCUT2D eigenvalue weighted by Crippen LogP contribution is 2.14. The number of carbonyl (C=O) groups is 1. The summed E-state index contributed by atoms with van der Waals surface area (Å²) in [5, 5.41) is 0. The molecule has 0 radical (unpaired) electrons. The maximum atomic E-state index is 13.4. The van der Waals surface area contributed by atoms with Crippen LogP contribution in [0.5, 0.6) is 5.75 Å². The van der Waals surface area contributed by atoms with Crippen molar-refractivity contribution < 1.29 is 13.9 Å². The second-order valence-corrected chi connectivity index (χ2v) is 3.95. The van der Waals surface area contributed by atoms with E-state index < -0.39 is 0 Å². The van der Waals surface area contributed by atoms with Gasteiger partial charge in [0, 0.05) is 11.1 Å². The zero-order valence-electron chi connectivity index (χ0n) is 10.5. The van der Waals surface area contributed by atoms with Gasteiger partial charge in [-0.15, -0.1) is 0 Å². The number of methoxy groups -OCH3 is 1. The molecule has 0 aliphatic rings. The van der Waals surface area contributed by atoms with Gasteiger partial charge in [0.25, 0.3) is 0 Å². The third-order valence-electron chi connectivity index (χ3n) is 2.67. The van der Waals surface area contributed by atoms with Crippen molar-refractivity contribution in [1.82, 2.24) is 0 Å². The summed E-state index contributed by atoms with van der Waals surface area (Å²) in [5.74, 6) is 0.0736. The molecule has 2 nitrogen and oxygen atoms in total. The summed E-state index contributed by atoms with van der Waals surface area (Å²) in [6, 6.07) is 13.1. The predicted molar refractivity (Wildman–Crippen MR) is 72.8 cm³/mol. The Bertz CT molecular complexity index is 618. The van der Waals surface area contributed by atoms with E-state index >= 15 is 0 Å². The van der Waals surface area contributed by atoms with E-state index in [0.29, 0.717) is 16.9 Å². The van der Waals surface area contributed by atoms with E-state index in [1.165, 1.54) is 18.2 Å². The molecule has 0 unspecified atom stereocenters. The lowest BCUT2D eigenvalue weighted by Gasteiger charge is -2.01. The van der Waals surface area contributed by atoms with Crippen LogP contribution >= 0.6 is 0 Å². The number of ether oxygens (including phenoxy) is 1. The summed E-state index contributed by atoms with van der Waals surface area (Å²) >= 11 is 0. The number of ketones is 1. The molecule has 0 fully saturated rings. The van der Waals surface area contributed by atoms with E-state index in [0.717, 1.165) is 0 Å². The maximum Gasteiger partial charge on any atom is 0.185 e. The molecule has 0 amide bonds. The Labute approximate surface area is 111 Å². The number of halogens is 1. The summed E-state index contributed by atoms with van der Waals surface area (Å²) in [4.78, 5) is 11.9. The summed E-state index contributed by atoms with van der Waals surface area (Å²) in [6.45, 7) is 0. The Morgan fingerprint density at radius 3 is 2.68 bits per heavy atom.